The summed E-state index contributed by atoms with van der Waals surface area (Å²) in [6, 6.07) is 9.50. The summed E-state index contributed by atoms with van der Waals surface area (Å²) in [5.41, 5.74) is 0.943. The maximum absolute atomic E-state index is 13.4. The minimum atomic E-state index is -3.96. The number of sulfonamides is 1. The van der Waals surface area contributed by atoms with Gasteiger partial charge in [-0.15, -0.1) is 0 Å². The highest BCUT2D eigenvalue weighted by Crippen LogP contribution is 2.14. The molecule has 3 nitrogen and oxygen atoms in total. The van der Waals surface area contributed by atoms with Crippen molar-refractivity contribution in [1.29, 1.82) is 0 Å². The second-order valence-corrected chi connectivity index (χ2v) is 6.07. The minimum absolute atomic E-state index is 0.103. The van der Waals surface area contributed by atoms with E-state index in [1.807, 2.05) is 0 Å². The van der Waals surface area contributed by atoms with Crippen LogP contribution in [0, 0.1) is 18.6 Å². The van der Waals surface area contributed by atoms with Crippen LogP contribution in [0.1, 0.15) is 11.1 Å². The second-order valence-electron chi connectivity index (χ2n) is 4.34. The van der Waals surface area contributed by atoms with Crippen molar-refractivity contribution in [3.05, 3.63) is 65.2 Å². The average molecular weight is 297 g/mol. The van der Waals surface area contributed by atoms with Gasteiger partial charge in [0.05, 0.1) is 0 Å². The standard InChI is InChI=1S/C14H13F2NO2S/c1-10-6-7-11(8-13(10)16)9-17-20(18,19)14-5-3-2-4-12(14)15/h2-8,17H,9H2,1H3. The first kappa shape index (κ1) is 14.6. The molecule has 1 N–H and O–H groups in total. The molecule has 0 saturated carbocycles. The van der Waals surface area contributed by atoms with E-state index < -0.39 is 26.6 Å². The SMILES string of the molecule is Cc1ccc(CNS(=O)(=O)c2ccccc2F)cc1F. The molecule has 6 heteroatoms. The van der Waals surface area contributed by atoms with E-state index in [1.165, 1.54) is 24.3 Å². The molecule has 106 valence electrons. The van der Waals surface area contributed by atoms with Crippen LogP contribution in [0.5, 0.6) is 0 Å². The van der Waals surface area contributed by atoms with Crippen LogP contribution in [-0.2, 0) is 16.6 Å². The molecule has 0 bridgehead atoms. The number of hydrogen-bond donors (Lipinski definition) is 1. The molecular formula is C14H13F2NO2S. The van der Waals surface area contributed by atoms with E-state index >= 15 is 0 Å². The molecule has 2 aromatic carbocycles. The summed E-state index contributed by atoms with van der Waals surface area (Å²) in [7, 11) is -3.96. The quantitative estimate of drug-likeness (QED) is 0.943. The minimum Gasteiger partial charge on any atom is -0.207 e. The van der Waals surface area contributed by atoms with Crippen LogP contribution >= 0.6 is 0 Å². The Morgan fingerprint density at radius 2 is 1.75 bits per heavy atom. The van der Waals surface area contributed by atoms with E-state index in [0.717, 1.165) is 6.07 Å². The number of halogens is 2. The van der Waals surface area contributed by atoms with Gasteiger partial charge in [0.2, 0.25) is 10.0 Å². The molecule has 0 aliphatic carbocycles. The Labute approximate surface area is 116 Å². The molecule has 0 radical (unpaired) electrons. The van der Waals surface area contributed by atoms with Crippen LogP contribution < -0.4 is 4.72 Å². The Balaban J connectivity index is 2.17. The molecule has 0 fully saturated rings. The van der Waals surface area contributed by atoms with Crippen molar-refractivity contribution in [2.45, 2.75) is 18.4 Å². The Hall–Kier alpha value is -1.79. The van der Waals surface area contributed by atoms with Crippen molar-refractivity contribution in [2.75, 3.05) is 0 Å². The second kappa shape index (κ2) is 5.68. The van der Waals surface area contributed by atoms with E-state index in [2.05, 4.69) is 4.72 Å². The fraction of sp³-hybridized carbons (Fsp3) is 0.143. The lowest BCUT2D eigenvalue weighted by Crippen LogP contribution is -2.24. The fourth-order valence-electron chi connectivity index (χ4n) is 1.67. The van der Waals surface area contributed by atoms with Crippen molar-refractivity contribution < 1.29 is 17.2 Å². The van der Waals surface area contributed by atoms with E-state index in [0.29, 0.717) is 11.1 Å². The summed E-state index contributed by atoms with van der Waals surface area (Å²) < 4.78 is 52.9. The Kier molecular flexibility index (Phi) is 4.15. The Morgan fingerprint density at radius 1 is 1.05 bits per heavy atom. The summed E-state index contributed by atoms with van der Waals surface area (Å²) in [6.07, 6.45) is 0. The maximum atomic E-state index is 13.4. The van der Waals surface area contributed by atoms with Crippen molar-refractivity contribution in [3.63, 3.8) is 0 Å². The van der Waals surface area contributed by atoms with E-state index in [9.17, 15) is 17.2 Å². The first-order valence-corrected chi connectivity index (χ1v) is 7.38. The molecule has 0 atom stereocenters. The largest absolute Gasteiger partial charge is 0.243 e. The van der Waals surface area contributed by atoms with Crippen LogP contribution in [0.3, 0.4) is 0 Å². The molecule has 0 unspecified atom stereocenters. The molecule has 0 saturated heterocycles. The summed E-state index contributed by atoms with van der Waals surface area (Å²) >= 11 is 0. The van der Waals surface area contributed by atoms with Gasteiger partial charge >= 0.3 is 0 Å². The van der Waals surface area contributed by atoms with Gasteiger partial charge in [0, 0.05) is 6.54 Å². The van der Waals surface area contributed by atoms with Gasteiger partial charge < -0.3 is 0 Å². The van der Waals surface area contributed by atoms with E-state index in [4.69, 9.17) is 0 Å². The van der Waals surface area contributed by atoms with Crippen LogP contribution in [0.15, 0.2) is 47.4 Å². The Bertz CT molecular complexity index is 730. The van der Waals surface area contributed by atoms with Crippen LogP contribution in [0.2, 0.25) is 0 Å². The van der Waals surface area contributed by atoms with Crippen molar-refractivity contribution in [1.82, 2.24) is 4.72 Å². The van der Waals surface area contributed by atoms with Crippen LogP contribution in [0.4, 0.5) is 8.78 Å². The van der Waals surface area contributed by atoms with Gasteiger partial charge in [-0.1, -0.05) is 24.3 Å². The normalized spacial score (nSPS) is 11.6. The number of hydrogen-bond acceptors (Lipinski definition) is 2. The molecular weight excluding hydrogens is 284 g/mol. The lowest BCUT2D eigenvalue weighted by atomic mass is 10.1. The average Bonchev–Trinajstić information content (AvgIpc) is 2.40. The zero-order valence-electron chi connectivity index (χ0n) is 10.7. The molecule has 2 aromatic rings. The third-order valence-corrected chi connectivity index (χ3v) is 4.26. The summed E-state index contributed by atoms with van der Waals surface area (Å²) in [6.45, 7) is 1.51. The zero-order valence-corrected chi connectivity index (χ0v) is 11.5. The topological polar surface area (TPSA) is 46.2 Å². The number of aryl methyl sites for hydroxylation is 1. The van der Waals surface area contributed by atoms with Gasteiger partial charge in [0.1, 0.15) is 16.5 Å². The summed E-state index contributed by atoms with van der Waals surface area (Å²) in [4.78, 5) is -0.424. The van der Waals surface area contributed by atoms with Crippen LogP contribution in [-0.4, -0.2) is 8.42 Å². The molecule has 2 rings (SSSR count). The third kappa shape index (κ3) is 3.20. The molecule has 0 aromatic heterocycles. The van der Waals surface area contributed by atoms with Gasteiger partial charge in [-0.05, 0) is 36.2 Å². The maximum Gasteiger partial charge on any atom is 0.243 e. The van der Waals surface area contributed by atoms with Crippen molar-refractivity contribution in [3.8, 4) is 0 Å². The predicted octanol–water partition coefficient (Wildman–Crippen LogP) is 2.75. The van der Waals surface area contributed by atoms with Crippen molar-refractivity contribution in [2.24, 2.45) is 0 Å². The smallest absolute Gasteiger partial charge is 0.207 e. The predicted molar refractivity (Wildman–Crippen MR) is 71.6 cm³/mol. The highest BCUT2D eigenvalue weighted by molar-refractivity contribution is 7.89. The lowest BCUT2D eigenvalue weighted by molar-refractivity contribution is 0.556. The zero-order chi connectivity index (χ0) is 14.8. The highest BCUT2D eigenvalue weighted by Gasteiger charge is 2.17. The van der Waals surface area contributed by atoms with Crippen LogP contribution in [0.25, 0.3) is 0 Å². The van der Waals surface area contributed by atoms with Gasteiger partial charge in [-0.25, -0.2) is 21.9 Å². The molecule has 20 heavy (non-hydrogen) atoms. The van der Waals surface area contributed by atoms with Gasteiger partial charge in [0.15, 0.2) is 0 Å². The first-order chi connectivity index (χ1) is 9.40. The Morgan fingerprint density at radius 3 is 2.40 bits per heavy atom. The first-order valence-electron chi connectivity index (χ1n) is 5.89. The molecule has 0 aliphatic heterocycles. The van der Waals surface area contributed by atoms with Gasteiger partial charge in [0.25, 0.3) is 0 Å². The molecule has 0 heterocycles. The lowest BCUT2D eigenvalue weighted by Gasteiger charge is -2.08. The third-order valence-electron chi connectivity index (χ3n) is 2.83. The molecule has 0 amide bonds. The fourth-order valence-corrected chi connectivity index (χ4v) is 2.76. The van der Waals surface area contributed by atoms with Gasteiger partial charge in [-0.3, -0.25) is 0 Å². The molecule has 0 spiro atoms. The van der Waals surface area contributed by atoms with E-state index in [-0.39, 0.29) is 6.54 Å². The monoisotopic (exact) mass is 297 g/mol. The summed E-state index contributed by atoms with van der Waals surface area (Å²) in [5.74, 6) is -1.23. The van der Waals surface area contributed by atoms with E-state index in [1.54, 1.807) is 19.1 Å². The summed E-state index contributed by atoms with van der Waals surface area (Å²) in [5, 5.41) is 0. The number of benzene rings is 2. The molecule has 0 aliphatic rings. The van der Waals surface area contributed by atoms with Crippen molar-refractivity contribution >= 4 is 10.0 Å². The number of rotatable bonds is 4. The van der Waals surface area contributed by atoms with Gasteiger partial charge in [-0.2, -0.15) is 0 Å². The highest BCUT2D eigenvalue weighted by atomic mass is 32.2. The number of nitrogens with one attached hydrogen (secondary N) is 1.